The van der Waals surface area contributed by atoms with Crippen LogP contribution in [0.3, 0.4) is 0 Å². The van der Waals surface area contributed by atoms with Crippen LogP contribution in [0.25, 0.3) is 0 Å². The number of benzene rings is 1. The van der Waals surface area contributed by atoms with Crippen molar-refractivity contribution in [1.82, 2.24) is 0 Å². The van der Waals surface area contributed by atoms with Gasteiger partial charge in [0.2, 0.25) is 0 Å². The van der Waals surface area contributed by atoms with Gasteiger partial charge in [0.1, 0.15) is 11.5 Å². The first-order chi connectivity index (χ1) is 7.26. The summed E-state index contributed by atoms with van der Waals surface area (Å²) in [7, 11) is 0. The van der Waals surface area contributed by atoms with Crippen molar-refractivity contribution in [3.05, 3.63) is 29.8 Å². The molecule has 0 aliphatic heterocycles. The molecular weight excluding hydrogens is 188 g/mol. The lowest BCUT2D eigenvalue weighted by atomic mass is 10.2. The van der Waals surface area contributed by atoms with Crippen LogP contribution < -0.4 is 4.74 Å². The van der Waals surface area contributed by atoms with Gasteiger partial charge in [-0.3, -0.25) is 4.79 Å². The molecular formula is C13H18O2. The highest BCUT2D eigenvalue weighted by atomic mass is 16.5. The van der Waals surface area contributed by atoms with Crippen molar-refractivity contribution in [1.29, 1.82) is 0 Å². The summed E-state index contributed by atoms with van der Waals surface area (Å²) in [6.07, 6.45) is 2.11. The number of Topliss-reactive ketones (excluding diaryl/α,β-unsaturated/α-hetero) is 1. The van der Waals surface area contributed by atoms with Crippen LogP contribution >= 0.6 is 0 Å². The molecule has 0 heterocycles. The minimum absolute atomic E-state index is 0.252. The Hall–Kier alpha value is -1.31. The van der Waals surface area contributed by atoms with Gasteiger partial charge in [0.25, 0.3) is 0 Å². The van der Waals surface area contributed by atoms with E-state index in [-0.39, 0.29) is 5.78 Å². The highest BCUT2D eigenvalue weighted by molar-refractivity contribution is 5.78. The van der Waals surface area contributed by atoms with Gasteiger partial charge >= 0.3 is 0 Å². The Morgan fingerprint density at radius 3 is 2.80 bits per heavy atom. The molecule has 1 rings (SSSR count). The Morgan fingerprint density at radius 1 is 1.33 bits per heavy atom. The van der Waals surface area contributed by atoms with Crippen LogP contribution in [0.5, 0.6) is 5.75 Å². The van der Waals surface area contributed by atoms with Crippen molar-refractivity contribution >= 4 is 5.78 Å². The number of ether oxygens (including phenoxy) is 1. The first kappa shape index (κ1) is 11.8. The Kier molecular flexibility index (Phi) is 4.88. The lowest BCUT2D eigenvalue weighted by molar-refractivity contribution is -0.119. The third kappa shape index (κ3) is 4.15. The van der Waals surface area contributed by atoms with Crippen molar-refractivity contribution in [2.24, 2.45) is 0 Å². The zero-order valence-corrected chi connectivity index (χ0v) is 9.45. The molecule has 1 aromatic carbocycles. The standard InChI is InChI=1S/C13H18O2/c1-3-11-6-5-7-13(10-11)15-9-8-12(14)4-2/h5-7,10H,3-4,8-9H2,1-2H3. The molecule has 0 unspecified atom stereocenters. The third-order valence-electron chi connectivity index (χ3n) is 2.35. The molecule has 0 saturated heterocycles. The van der Waals surface area contributed by atoms with E-state index in [4.69, 9.17) is 4.74 Å². The fraction of sp³-hybridized carbons (Fsp3) is 0.462. The molecule has 0 aliphatic rings. The number of aryl methyl sites for hydroxylation is 1. The lowest BCUT2D eigenvalue weighted by Gasteiger charge is -2.06. The van der Waals surface area contributed by atoms with Gasteiger partial charge < -0.3 is 4.74 Å². The minimum Gasteiger partial charge on any atom is -0.493 e. The maximum Gasteiger partial charge on any atom is 0.136 e. The van der Waals surface area contributed by atoms with Gasteiger partial charge in [0, 0.05) is 12.8 Å². The summed E-state index contributed by atoms with van der Waals surface area (Å²) >= 11 is 0. The molecule has 0 N–H and O–H groups in total. The van der Waals surface area contributed by atoms with Crippen LogP contribution in [0, 0.1) is 0 Å². The Bertz CT molecular complexity index is 318. The van der Waals surface area contributed by atoms with Gasteiger partial charge in [0.05, 0.1) is 6.61 Å². The monoisotopic (exact) mass is 206 g/mol. The molecule has 1 aromatic rings. The Balaban J connectivity index is 2.40. The quantitative estimate of drug-likeness (QED) is 0.715. The molecule has 0 amide bonds. The summed E-state index contributed by atoms with van der Waals surface area (Å²) in [6.45, 7) is 4.47. The zero-order chi connectivity index (χ0) is 11.1. The van der Waals surface area contributed by atoms with E-state index in [1.54, 1.807) is 0 Å². The largest absolute Gasteiger partial charge is 0.493 e. The molecule has 0 bridgehead atoms. The number of ketones is 1. The predicted molar refractivity (Wildman–Crippen MR) is 61.2 cm³/mol. The van der Waals surface area contributed by atoms with Crippen LogP contribution in [-0.2, 0) is 11.2 Å². The lowest BCUT2D eigenvalue weighted by Crippen LogP contribution is -2.04. The second-order valence-electron chi connectivity index (χ2n) is 3.49. The van der Waals surface area contributed by atoms with Gasteiger partial charge in [-0.1, -0.05) is 26.0 Å². The van der Waals surface area contributed by atoms with E-state index in [0.717, 1.165) is 12.2 Å². The number of rotatable bonds is 6. The van der Waals surface area contributed by atoms with Crippen LogP contribution in [0.1, 0.15) is 32.3 Å². The SMILES string of the molecule is CCC(=O)CCOc1cccc(CC)c1. The van der Waals surface area contributed by atoms with Crippen molar-refractivity contribution in [2.45, 2.75) is 33.1 Å². The topological polar surface area (TPSA) is 26.3 Å². The number of carbonyl (C=O) groups excluding carboxylic acids is 1. The number of hydrogen-bond donors (Lipinski definition) is 0. The summed E-state index contributed by atoms with van der Waals surface area (Å²) in [6, 6.07) is 8.01. The fourth-order valence-corrected chi connectivity index (χ4v) is 1.31. The van der Waals surface area contributed by atoms with Crippen LogP contribution in [0.15, 0.2) is 24.3 Å². The second-order valence-corrected chi connectivity index (χ2v) is 3.49. The molecule has 0 aliphatic carbocycles. The molecule has 0 aromatic heterocycles. The second kappa shape index (κ2) is 6.23. The van der Waals surface area contributed by atoms with Crippen molar-refractivity contribution in [2.75, 3.05) is 6.61 Å². The molecule has 15 heavy (non-hydrogen) atoms. The third-order valence-corrected chi connectivity index (χ3v) is 2.35. The van der Waals surface area contributed by atoms with Gasteiger partial charge in [-0.2, -0.15) is 0 Å². The van der Waals surface area contributed by atoms with Crippen LogP contribution in [-0.4, -0.2) is 12.4 Å². The van der Waals surface area contributed by atoms with E-state index in [1.165, 1.54) is 5.56 Å². The van der Waals surface area contributed by atoms with E-state index < -0.39 is 0 Å². The van der Waals surface area contributed by atoms with Gasteiger partial charge in [-0.15, -0.1) is 0 Å². The number of carbonyl (C=O) groups is 1. The molecule has 0 radical (unpaired) electrons. The van der Waals surface area contributed by atoms with Crippen LogP contribution in [0.4, 0.5) is 0 Å². The van der Waals surface area contributed by atoms with Gasteiger partial charge in [-0.05, 0) is 24.1 Å². The average Bonchev–Trinajstić information content (AvgIpc) is 2.29. The average molecular weight is 206 g/mol. The predicted octanol–water partition coefficient (Wildman–Crippen LogP) is 3.00. The van der Waals surface area contributed by atoms with E-state index in [9.17, 15) is 4.79 Å². The van der Waals surface area contributed by atoms with Crippen molar-refractivity contribution in [3.8, 4) is 5.75 Å². The maximum atomic E-state index is 11.0. The zero-order valence-electron chi connectivity index (χ0n) is 9.45. The van der Waals surface area contributed by atoms with E-state index in [2.05, 4.69) is 13.0 Å². The fourth-order valence-electron chi connectivity index (χ4n) is 1.31. The van der Waals surface area contributed by atoms with E-state index in [0.29, 0.717) is 19.4 Å². The normalized spacial score (nSPS) is 10.0. The Labute approximate surface area is 91.3 Å². The van der Waals surface area contributed by atoms with Crippen LogP contribution in [0.2, 0.25) is 0 Å². The first-order valence-corrected chi connectivity index (χ1v) is 5.49. The first-order valence-electron chi connectivity index (χ1n) is 5.49. The molecule has 0 spiro atoms. The van der Waals surface area contributed by atoms with Crippen molar-refractivity contribution in [3.63, 3.8) is 0 Å². The molecule has 0 fully saturated rings. The molecule has 2 nitrogen and oxygen atoms in total. The summed E-state index contributed by atoms with van der Waals surface area (Å²) < 4.78 is 5.50. The smallest absolute Gasteiger partial charge is 0.136 e. The van der Waals surface area contributed by atoms with E-state index in [1.807, 2.05) is 25.1 Å². The summed E-state index contributed by atoms with van der Waals surface area (Å²) in [5.74, 6) is 1.11. The molecule has 0 saturated carbocycles. The molecule has 82 valence electrons. The Morgan fingerprint density at radius 2 is 2.13 bits per heavy atom. The highest BCUT2D eigenvalue weighted by Gasteiger charge is 1.99. The van der Waals surface area contributed by atoms with E-state index >= 15 is 0 Å². The van der Waals surface area contributed by atoms with Gasteiger partial charge in [-0.25, -0.2) is 0 Å². The summed E-state index contributed by atoms with van der Waals surface area (Å²) in [5.41, 5.74) is 1.26. The van der Waals surface area contributed by atoms with Crippen molar-refractivity contribution < 1.29 is 9.53 Å². The highest BCUT2D eigenvalue weighted by Crippen LogP contribution is 2.13. The summed E-state index contributed by atoms with van der Waals surface area (Å²) in [4.78, 5) is 11.0. The maximum absolute atomic E-state index is 11.0. The molecule has 2 heteroatoms. The van der Waals surface area contributed by atoms with Gasteiger partial charge in [0.15, 0.2) is 0 Å². The molecule has 0 atom stereocenters. The minimum atomic E-state index is 0.252. The number of hydrogen-bond acceptors (Lipinski definition) is 2. The summed E-state index contributed by atoms with van der Waals surface area (Å²) in [5, 5.41) is 0.